The van der Waals surface area contributed by atoms with Crippen LogP contribution in [0.25, 0.3) is 10.9 Å². The molecule has 102 valence electrons. The quantitative estimate of drug-likeness (QED) is 0.222. The number of carbonyl (C=O) groups excluding carboxylic acids is 1. The first-order valence-electron chi connectivity index (χ1n) is 6.17. The highest BCUT2D eigenvalue weighted by Gasteiger charge is 2.44. The van der Waals surface area contributed by atoms with Crippen LogP contribution in [0.3, 0.4) is 0 Å². The predicted octanol–water partition coefficient (Wildman–Crippen LogP) is 1.23. The Morgan fingerprint density at radius 2 is 2.20 bits per heavy atom. The van der Waals surface area contributed by atoms with Crippen LogP contribution in [0.4, 0.5) is 0 Å². The van der Waals surface area contributed by atoms with Crippen molar-refractivity contribution in [1.82, 2.24) is 9.88 Å². The Kier molecular flexibility index (Phi) is 2.98. The van der Waals surface area contributed by atoms with Crippen molar-refractivity contribution in [3.63, 3.8) is 0 Å². The fourth-order valence-electron chi connectivity index (χ4n) is 2.16. The van der Waals surface area contributed by atoms with Gasteiger partial charge in [-0.1, -0.05) is 29.4 Å². The number of pyridine rings is 1. The lowest BCUT2D eigenvalue weighted by Gasteiger charge is -2.07. The number of rotatable bonds is 2. The molecule has 1 aliphatic rings. The van der Waals surface area contributed by atoms with Crippen molar-refractivity contribution in [3.8, 4) is 0 Å². The van der Waals surface area contributed by atoms with Crippen LogP contribution in [0.15, 0.2) is 41.6 Å². The number of hydrogen-bond acceptors (Lipinski definition) is 5. The zero-order chi connectivity index (χ0) is 14.1. The number of oxime groups is 1. The second-order valence-corrected chi connectivity index (χ2v) is 4.50. The van der Waals surface area contributed by atoms with Crippen LogP contribution in [0.1, 0.15) is 5.69 Å². The van der Waals surface area contributed by atoms with Gasteiger partial charge in [0.2, 0.25) is 0 Å². The molecule has 1 atom stereocenters. The third kappa shape index (κ3) is 2.05. The Bertz CT molecular complexity index is 699. The molecule has 6 nitrogen and oxygen atoms in total. The number of esters is 1. The van der Waals surface area contributed by atoms with Gasteiger partial charge in [-0.15, -0.1) is 0 Å². The van der Waals surface area contributed by atoms with Crippen molar-refractivity contribution < 1.29 is 14.7 Å². The van der Waals surface area contributed by atoms with Gasteiger partial charge in [-0.25, -0.2) is 9.78 Å². The van der Waals surface area contributed by atoms with Crippen molar-refractivity contribution in [3.05, 3.63) is 42.1 Å². The molecule has 0 amide bonds. The van der Waals surface area contributed by atoms with E-state index in [1.165, 1.54) is 7.11 Å². The van der Waals surface area contributed by atoms with E-state index in [0.29, 0.717) is 12.2 Å². The Hall–Kier alpha value is -2.63. The maximum Gasteiger partial charge on any atom is 0.330 e. The summed E-state index contributed by atoms with van der Waals surface area (Å²) < 4.78 is 4.67. The molecule has 3 rings (SSSR count). The summed E-state index contributed by atoms with van der Waals surface area (Å²) in [7, 11) is 1.34. The Labute approximate surface area is 115 Å². The molecule has 1 fully saturated rings. The summed E-state index contributed by atoms with van der Waals surface area (Å²) in [5.41, 5.74) is 1.33. The van der Waals surface area contributed by atoms with E-state index in [1.54, 1.807) is 11.0 Å². The molecule has 2 aromatic rings. The van der Waals surface area contributed by atoms with E-state index in [1.807, 2.05) is 30.3 Å². The fourth-order valence-corrected chi connectivity index (χ4v) is 2.16. The smallest absolute Gasteiger partial charge is 0.330 e. The third-order valence-electron chi connectivity index (χ3n) is 3.28. The Balaban J connectivity index is 1.91. The van der Waals surface area contributed by atoms with E-state index in [2.05, 4.69) is 14.9 Å². The average molecular weight is 271 g/mol. The molecule has 2 heterocycles. The highest BCUT2D eigenvalue weighted by Crippen LogP contribution is 2.23. The van der Waals surface area contributed by atoms with Gasteiger partial charge in [-0.2, -0.15) is 0 Å². The molecular weight excluding hydrogens is 258 g/mol. The number of ether oxygens (including phenoxy) is 1. The van der Waals surface area contributed by atoms with Gasteiger partial charge >= 0.3 is 5.97 Å². The third-order valence-corrected chi connectivity index (χ3v) is 3.28. The normalized spacial score (nSPS) is 18.1. The van der Waals surface area contributed by atoms with E-state index in [9.17, 15) is 10.0 Å². The van der Waals surface area contributed by atoms with Crippen molar-refractivity contribution in [2.45, 2.75) is 6.04 Å². The van der Waals surface area contributed by atoms with E-state index < -0.39 is 0 Å². The van der Waals surface area contributed by atoms with Crippen LogP contribution >= 0.6 is 0 Å². The first-order chi connectivity index (χ1) is 9.74. The number of hydrogen-bond donors (Lipinski definition) is 1. The lowest BCUT2D eigenvalue weighted by Crippen LogP contribution is -2.21. The number of fused-ring (bicyclic) bond motifs is 1. The van der Waals surface area contributed by atoms with Gasteiger partial charge in [-0.3, -0.25) is 0 Å². The van der Waals surface area contributed by atoms with Crippen LogP contribution in [0, 0.1) is 0 Å². The number of amidine groups is 1. The van der Waals surface area contributed by atoms with Gasteiger partial charge in [0.1, 0.15) is 11.7 Å². The first-order valence-corrected chi connectivity index (χ1v) is 6.17. The molecular formula is C14H13N3O3. The topological polar surface area (TPSA) is 74.8 Å². The van der Waals surface area contributed by atoms with Gasteiger partial charge in [0.15, 0.2) is 5.84 Å². The second kappa shape index (κ2) is 4.80. The number of methoxy groups -OCH3 is 1. The molecule has 1 saturated heterocycles. The zero-order valence-electron chi connectivity index (χ0n) is 10.9. The van der Waals surface area contributed by atoms with Crippen molar-refractivity contribution >= 4 is 22.7 Å². The first kappa shape index (κ1) is 12.4. The molecule has 0 spiro atoms. The molecule has 1 aromatic heterocycles. The van der Waals surface area contributed by atoms with Crippen LogP contribution in [0.2, 0.25) is 0 Å². The number of aromatic nitrogens is 1. The molecule has 1 N–H and O–H groups in total. The standard InChI is InChI=1S/C14H13N3O3/c1-20-14(18)12-8-17(12)13(16-19)11-7-6-9-4-2-3-5-10(9)15-11/h2-7,12,19H,8H2,1H3. The summed E-state index contributed by atoms with van der Waals surface area (Å²) in [5, 5.41) is 13.5. The average Bonchev–Trinajstić information content (AvgIpc) is 3.27. The van der Waals surface area contributed by atoms with Crippen molar-refractivity contribution in [1.29, 1.82) is 0 Å². The minimum Gasteiger partial charge on any atom is -0.467 e. The Morgan fingerprint density at radius 1 is 1.40 bits per heavy atom. The number of nitrogens with zero attached hydrogens (tertiary/aromatic N) is 3. The summed E-state index contributed by atoms with van der Waals surface area (Å²) in [6.45, 7) is 0.473. The Morgan fingerprint density at radius 3 is 2.95 bits per heavy atom. The van der Waals surface area contributed by atoms with Crippen LogP contribution < -0.4 is 0 Å². The molecule has 0 radical (unpaired) electrons. The highest BCUT2D eigenvalue weighted by molar-refractivity contribution is 6.03. The summed E-state index contributed by atoms with van der Waals surface area (Å²) in [6, 6.07) is 10.9. The molecule has 0 saturated carbocycles. The van der Waals surface area contributed by atoms with E-state index >= 15 is 0 Å². The summed E-state index contributed by atoms with van der Waals surface area (Å²) in [5.74, 6) is -0.0573. The largest absolute Gasteiger partial charge is 0.467 e. The number of para-hydroxylation sites is 1. The number of carbonyl (C=O) groups is 1. The van der Waals surface area contributed by atoms with Gasteiger partial charge in [-0.05, 0) is 12.1 Å². The van der Waals surface area contributed by atoms with E-state index in [4.69, 9.17) is 0 Å². The summed E-state index contributed by atoms with van der Waals surface area (Å²) >= 11 is 0. The van der Waals surface area contributed by atoms with Crippen LogP contribution in [-0.2, 0) is 9.53 Å². The van der Waals surface area contributed by atoms with Gasteiger partial charge in [0.25, 0.3) is 0 Å². The van der Waals surface area contributed by atoms with Crippen molar-refractivity contribution in [2.75, 3.05) is 13.7 Å². The van der Waals surface area contributed by atoms with E-state index in [0.717, 1.165) is 10.9 Å². The fraction of sp³-hybridized carbons (Fsp3) is 0.214. The van der Waals surface area contributed by atoms with E-state index in [-0.39, 0.29) is 17.8 Å². The molecule has 6 heteroatoms. The van der Waals surface area contributed by atoms with Crippen LogP contribution in [-0.4, -0.2) is 46.6 Å². The highest BCUT2D eigenvalue weighted by atomic mass is 16.5. The monoisotopic (exact) mass is 271 g/mol. The minimum atomic E-state index is -0.390. The predicted molar refractivity (Wildman–Crippen MR) is 72.6 cm³/mol. The lowest BCUT2D eigenvalue weighted by atomic mass is 10.2. The molecule has 1 aliphatic heterocycles. The molecule has 0 bridgehead atoms. The molecule has 1 aromatic carbocycles. The minimum absolute atomic E-state index is 0.283. The van der Waals surface area contributed by atoms with Crippen molar-refractivity contribution in [2.24, 2.45) is 5.16 Å². The SMILES string of the molecule is COC(=O)C1CN1C(=NO)c1ccc2ccccc2n1. The van der Waals surface area contributed by atoms with Gasteiger partial charge in [0, 0.05) is 5.39 Å². The maximum atomic E-state index is 11.4. The maximum absolute atomic E-state index is 11.4. The molecule has 0 aliphatic carbocycles. The van der Waals surface area contributed by atoms with Crippen LogP contribution in [0.5, 0.6) is 0 Å². The molecule has 1 unspecified atom stereocenters. The van der Waals surface area contributed by atoms with Gasteiger partial charge in [0.05, 0.1) is 19.2 Å². The van der Waals surface area contributed by atoms with Gasteiger partial charge < -0.3 is 14.8 Å². The second-order valence-electron chi connectivity index (χ2n) is 4.50. The number of benzene rings is 1. The zero-order valence-corrected chi connectivity index (χ0v) is 10.9. The molecule has 20 heavy (non-hydrogen) atoms. The summed E-state index contributed by atoms with van der Waals surface area (Å²) in [4.78, 5) is 17.5. The summed E-state index contributed by atoms with van der Waals surface area (Å²) in [6.07, 6.45) is 0. The lowest BCUT2D eigenvalue weighted by molar-refractivity contribution is -0.140.